The van der Waals surface area contributed by atoms with E-state index < -0.39 is 0 Å². The number of hydrogen-bond acceptors (Lipinski definition) is 4. The van der Waals surface area contributed by atoms with Crippen LogP contribution in [0.2, 0.25) is 0 Å². The lowest BCUT2D eigenvalue weighted by molar-refractivity contribution is -0.121. The third kappa shape index (κ3) is 1.26. The van der Waals surface area contributed by atoms with Gasteiger partial charge in [-0.1, -0.05) is 0 Å². The summed E-state index contributed by atoms with van der Waals surface area (Å²) in [5.74, 6) is 1.06. The predicted octanol–water partition coefficient (Wildman–Crippen LogP) is 0.409. The Hall–Kier alpha value is -1.78. The van der Waals surface area contributed by atoms with E-state index in [9.17, 15) is 4.79 Å². The lowest BCUT2D eigenvalue weighted by Crippen LogP contribution is -2.39. The predicted molar refractivity (Wildman–Crippen MR) is 52.2 cm³/mol. The van der Waals surface area contributed by atoms with Crippen LogP contribution < -0.4 is 15.4 Å². The number of nitrogens with two attached hydrogens (primary N) is 1. The summed E-state index contributed by atoms with van der Waals surface area (Å²) >= 11 is 0. The van der Waals surface area contributed by atoms with Gasteiger partial charge in [-0.2, -0.15) is 0 Å². The van der Waals surface area contributed by atoms with E-state index in [1.165, 1.54) is 6.20 Å². The number of carbonyl (C=O) groups excluding carboxylic acids is 1. The molecule has 0 spiro atoms. The summed E-state index contributed by atoms with van der Waals surface area (Å²) in [7, 11) is 0. The number of ether oxygens (including phenoxy) is 1. The van der Waals surface area contributed by atoms with Crippen LogP contribution in [0.3, 0.4) is 0 Å². The van der Waals surface area contributed by atoms with Gasteiger partial charge >= 0.3 is 0 Å². The lowest BCUT2D eigenvalue weighted by atomic mass is 10.3. The summed E-state index contributed by atoms with van der Waals surface area (Å²) in [6.45, 7) is 2.54. The molecule has 1 aliphatic heterocycles. The molecule has 2 heterocycles. The summed E-state index contributed by atoms with van der Waals surface area (Å²) in [4.78, 5) is 17.1. The summed E-state index contributed by atoms with van der Waals surface area (Å²) in [6.07, 6.45) is 1.52. The molecular formula is C9H11N3O2. The Bertz CT molecular complexity index is 378. The van der Waals surface area contributed by atoms with Crippen molar-refractivity contribution >= 4 is 17.4 Å². The molecule has 0 aromatic carbocycles. The van der Waals surface area contributed by atoms with Crippen molar-refractivity contribution in [2.24, 2.45) is 0 Å². The third-order valence-electron chi connectivity index (χ3n) is 2.08. The van der Waals surface area contributed by atoms with E-state index in [1.54, 1.807) is 11.0 Å². The highest BCUT2D eigenvalue weighted by Crippen LogP contribution is 2.30. The van der Waals surface area contributed by atoms with E-state index in [2.05, 4.69) is 4.98 Å². The SMILES string of the molecule is CCN1C(=O)COc2cc(N)cnc21. The molecule has 14 heavy (non-hydrogen) atoms. The topological polar surface area (TPSA) is 68.5 Å². The minimum atomic E-state index is -0.0720. The van der Waals surface area contributed by atoms with Crippen molar-refractivity contribution in [3.8, 4) is 5.75 Å². The standard InChI is InChI=1S/C9H11N3O2/c1-2-12-8(13)5-14-7-3-6(10)4-11-9(7)12/h3-4H,2,5,10H2,1H3. The molecule has 5 heteroatoms. The van der Waals surface area contributed by atoms with E-state index in [-0.39, 0.29) is 12.5 Å². The van der Waals surface area contributed by atoms with Crippen molar-refractivity contribution in [1.82, 2.24) is 4.98 Å². The number of anilines is 2. The third-order valence-corrected chi connectivity index (χ3v) is 2.08. The average molecular weight is 193 g/mol. The van der Waals surface area contributed by atoms with Crippen molar-refractivity contribution in [3.63, 3.8) is 0 Å². The highest BCUT2D eigenvalue weighted by molar-refractivity contribution is 5.96. The molecule has 0 fully saturated rings. The van der Waals surface area contributed by atoms with Crippen molar-refractivity contribution in [2.45, 2.75) is 6.92 Å². The zero-order valence-corrected chi connectivity index (χ0v) is 7.86. The summed E-state index contributed by atoms with van der Waals surface area (Å²) in [6, 6.07) is 1.68. The van der Waals surface area contributed by atoms with Crippen LogP contribution in [0.5, 0.6) is 5.75 Å². The molecule has 1 aromatic heterocycles. The molecular weight excluding hydrogens is 182 g/mol. The van der Waals surface area contributed by atoms with Crippen LogP contribution >= 0.6 is 0 Å². The van der Waals surface area contributed by atoms with E-state index in [0.29, 0.717) is 23.8 Å². The highest BCUT2D eigenvalue weighted by atomic mass is 16.5. The van der Waals surface area contributed by atoms with Gasteiger partial charge in [0.1, 0.15) is 0 Å². The lowest BCUT2D eigenvalue weighted by Gasteiger charge is -2.26. The van der Waals surface area contributed by atoms with Gasteiger partial charge < -0.3 is 10.5 Å². The second-order valence-corrected chi connectivity index (χ2v) is 3.02. The maximum atomic E-state index is 11.4. The quantitative estimate of drug-likeness (QED) is 0.701. The molecule has 74 valence electrons. The number of carbonyl (C=O) groups is 1. The Balaban J connectivity index is 2.47. The molecule has 5 nitrogen and oxygen atoms in total. The van der Waals surface area contributed by atoms with Crippen LogP contribution in [0.1, 0.15) is 6.92 Å². The highest BCUT2D eigenvalue weighted by Gasteiger charge is 2.25. The van der Waals surface area contributed by atoms with Gasteiger partial charge in [0.25, 0.3) is 5.91 Å². The first-order valence-electron chi connectivity index (χ1n) is 4.41. The van der Waals surface area contributed by atoms with Crippen LogP contribution in [0.15, 0.2) is 12.3 Å². The molecule has 0 radical (unpaired) electrons. The van der Waals surface area contributed by atoms with Gasteiger partial charge in [0.2, 0.25) is 0 Å². The fourth-order valence-electron chi connectivity index (χ4n) is 1.42. The first kappa shape index (κ1) is 8.80. The Labute approximate surface area is 81.5 Å². The number of likely N-dealkylation sites (N-methyl/N-ethyl adjacent to an activating group) is 1. The monoisotopic (exact) mass is 193 g/mol. The second-order valence-electron chi connectivity index (χ2n) is 3.02. The first-order valence-corrected chi connectivity index (χ1v) is 4.41. The number of fused-ring (bicyclic) bond motifs is 1. The van der Waals surface area contributed by atoms with Crippen molar-refractivity contribution in [1.29, 1.82) is 0 Å². The fourth-order valence-corrected chi connectivity index (χ4v) is 1.42. The average Bonchev–Trinajstić information content (AvgIpc) is 2.18. The van der Waals surface area contributed by atoms with Crippen molar-refractivity contribution in [3.05, 3.63) is 12.3 Å². The van der Waals surface area contributed by atoms with E-state index in [1.807, 2.05) is 6.92 Å². The largest absolute Gasteiger partial charge is 0.480 e. The van der Waals surface area contributed by atoms with E-state index >= 15 is 0 Å². The molecule has 0 bridgehead atoms. The number of pyridine rings is 1. The Morgan fingerprint density at radius 2 is 2.50 bits per heavy atom. The number of hydrogen-bond donors (Lipinski definition) is 1. The molecule has 1 amide bonds. The molecule has 0 saturated carbocycles. The number of rotatable bonds is 1. The molecule has 1 aliphatic rings. The Morgan fingerprint density at radius 3 is 3.21 bits per heavy atom. The molecule has 0 aliphatic carbocycles. The normalized spacial score (nSPS) is 14.9. The van der Waals surface area contributed by atoms with Gasteiger partial charge in [0.15, 0.2) is 18.2 Å². The maximum Gasteiger partial charge on any atom is 0.266 e. The van der Waals surface area contributed by atoms with Crippen molar-refractivity contribution < 1.29 is 9.53 Å². The summed E-state index contributed by atoms with van der Waals surface area (Å²) < 4.78 is 5.21. The van der Waals surface area contributed by atoms with Gasteiger partial charge in [0.05, 0.1) is 11.9 Å². The van der Waals surface area contributed by atoms with Crippen LogP contribution in [0.4, 0.5) is 11.5 Å². The molecule has 0 atom stereocenters. The number of amides is 1. The Morgan fingerprint density at radius 1 is 1.71 bits per heavy atom. The zero-order valence-electron chi connectivity index (χ0n) is 7.86. The summed E-state index contributed by atoms with van der Waals surface area (Å²) in [5, 5.41) is 0. The molecule has 2 rings (SSSR count). The van der Waals surface area contributed by atoms with Crippen LogP contribution in [-0.4, -0.2) is 24.0 Å². The molecule has 0 saturated heterocycles. The van der Waals surface area contributed by atoms with Gasteiger partial charge in [0, 0.05) is 12.6 Å². The molecule has 1 aromatic rings. The van der Waals surface area contributed by atoms with Gasteiger partial charge in [-0.3, -0.25) is 9.69 Å². The van der Waals surface area contributed by atoms with Gasteiger partial charge in [-0.25, -0.2) is 4.98 Å². The van der Waals surface area contributed by atoms with E-state index in [0.717, 1.165) is 0 Å². The van der Waals surface area contributed by atoms with Crippen LogP contribution in [-0.2, 0) is 4.79 Å². The van der Waals surface area contributed by atoms with Gasteiger partial charge in [-0.05, 0) is 6.92 Å². The minimum Gasteiger partial charge on any atom is -0.480 e. The maximum absolute atomic E-state index is 11.4. The number of nitrogen functional groups attached to an aromatic ring is 1. The second kappa shape index (κ2) is 3.17. The smallest absolute Gasteiger partial charge is 0.266 e. The number of nitrogens with zero attached hydrogens (tertiary/aromatic N) is 2. The van der Waals surface area contributed by atoms with E-state index in [4.69, 9.17) is 10.5 Å². The molecule has 2 N–H and O–H groups in total. The fraction of sp³-hybridized carbons (Fsp3) is 0.333. The summed E-state index contributed by atoms with van der Waals surface area (Å²) in [5.41, 5.74) is 6.09. The van der Waals surface area contributed by atoms with Crippen LogP contribution in [0, 0.1) is 0 Å². The van der Waals surface area contributed by atoms with Gasteiger partial charge in [-0.15, -0.1) is 0 Å². The zero-order chi connectivity index (χ0) is 10.1. The Kier molecular flexibility index (Phi) is 1.99. The van der Waals surface area contributed by atoms with Crippen molar-refractivity contribution in [2.75, 3.05) is 23.8 Å². The number of aromatic nitrogens is 1. The minimum absolute atomic E-state index is 0.0615. The molecule has 0 unspecified atom stereocenters. The van der Waals surface area contributed by atoms with Crippen LogP contribution in [0.25, 0.3) is 0 Å². The first-order chi connectivity index (χ1) is 6.72.